The summed E-state index contributed by atoms with van der Waals surface area (Å²) in [6.07, 6.45) is 1.19. The molecule has 1 aliphatic carbocycles. The van der Waals surface area contributed by atoms with E-state index >= 15 is 0 Å². The molecule has 0 bridgehead atoms. The Morgan fingerprint density at radius 2 is 2.00 bits per heavy atom. The molecular formula is C14H14O3. The van der Waals surface area contributed by atoms with E-state index in [1.54, 1.807) is 0 Å². The first-order valence-corrected chi connectivity index (χ1v) is 5.60. The number of hydrogen-bond donors (Lipinski definition) is 1. The number of carbonyl (C=O) groups excluding carboxylic acids is 2. The number of ketones is 1. The van der Waals surface area contributed by atoms with Crippen LogP contribution in [0.5, 0.6) is 0 Å². The van der Waals surface area contributed by atoms with Crippen molar-refractivity contribution in [1.29, 1.82) is 0 Å². The largest absolute Gasteiger partial charge is 0.512 e. The highest BCUT2D eigenvalue weighted by molar-refractivity contribution is 6.24. The maximum atomic E-state index is 12.0. The molecule has 0 heterocycles. The highest BCUT2D eigenvalue weighted by Crippen LogP contribution is 2.34. The van der Waals surface area contributed by atoms with E-state index < -0.39 is 0 Å². The first kappa shape index (κ1) is 11.6. The van der Waals surface area contributed by atoms with E-state index in [9.17, 15) is 14.7 Å². The summed E-state index contributed by atoms with van der Waals surface area (Å²) in [7, 11) is 0. The Bertz CT molecular complexity index is 483. The lowest BCUT2D eigenvalue weighted by Gasteiger charge is -2.05. The Labute approximate surface area is 99.8 Å². The number of benzene rings is 1. The van der Waals surface area contributed by atoms with Crippen LogP contribution in [0.3, 0.4) is 0 Å². The van der Waals surface area contributed by atoms with Gasteiger partial charge in [0.05, 0.1) is 5.57 Å². The average molecular weight is 230 g/mol. The van der Waals surface area contributed by atoms with E-state index in [1.807, 2.05) is 31.2 Å². The molecule has 1 atom stereocenters. The van der Waals surface area contributed by atoms with Crippen LogP contribution < -0.4 is 0 Å². The molecule has 1 aromatic rings. The van der Waals surface area contributed by atoms with Gasteiger partial charge in [-0.1, -0.05) is 29.8 Å². The fourth-order valence-electron chi connectivity index (χ4n) is 2.11. The summed E-state index contributed by atoms with van der Waals surface area (Å²) in [6, 6.07) is 7.44. The number of rotatable bonds is 3. The molecule has 1 aromatic carbocycles. The summed E-state index contributed by atoms with van der Waals surface area (Å²) in [4.78, 5) is 22.5. The third kappa shape index (κ3) is 2.13. The number of hydrogen-bond acceptors (Lipinski definition) is 3. The summed E-state index contributed by atoms with van der Waals surface area (Å²) in [5, 5.41) is 9.82. The topological polar surface area (TPSA) is 54.4 Å². The summed E-state index contributed by atoms with van der Waals surface area (Å²) in [6.45, 7) is 1.96. The minimum atomic E-state index is -0.385. The van der Waals surface area contributed by atoms with Gasteiger partial charge in [0, 0.05) is 18.8 Å². The zero-order valence-electron chi connectivity index (χ0n) is 9.64. The second kappa shape index (κ2) is 4.53. The van der Waals surface area contributed by atoms with Gasteiger partial charge in [0.1, 0.15) is 12.0 Å². The number of aldehydes is 1. The Hall–Kier alpha value is -1.90. The molecule has 0 amide bonds. The van der Waals surface area contributed by atoms with Gasteiger partial charge < -0.3 is 9.90 Å². The standard InChI is InChI=1S/C14H14O3/c1-9-2-4-10(5-3-9)13-12(16)8-11(6-7-15)14(13)17/h2-5,7,11,16H,6,8H2,1H3. The van der Waals surface area contributed by atoms with E-state index in [-0.39, 0.29) is 30.3 Å². The molecule has 0 radical (unpaired) electrons. The van der Waals surface area contributed by atoms with Crippen molar-refractivity contribution in [2.24, 2.45) is 5.92 Å². The van der Waals surface area contributed by atoms with Crippen LogP contribution in [-0.4, -0.2) is 17.2 Å². The maximum absolute atomic E-state index is 12.0. The molecule has 3 nitrogen and oxygen atoms in total. The molecule has 0 aromatic heterocycles. The predicted octanol–water partition coefficient (Wildman–Crippen LogP) is 2.44. The monoisotopic (exact) mass is 230 g/mol. The highest BCUT2D eigenvalue weighted by Gasteiger charge is 2.33. The van der Waals surface area contributed by atoms with E-state index in [0.717, 1.165) is 17.4 Å². The fourth-order valence-corrected chi connectivity index (χ4v) is 2.11. The zero-order chi connectivity index (χ0) is 12.4. The van der Waals surface area contributed by atoms with Crippen molar-refractivity contribution in [3.05, 3.63) is 41.2 Å². The highest BCUT2D eigenvalue weighted by atomic mass is 16.3. The van der Waals surface area contributed by atoms with Crippen LogP contribution in [0.1, 0.15) is 24.0 Å². The molecule has 1 unspecified atom stereocenters. The Balaban J connectivity index is 2.32. The molecule has 1 N–H and O–H groups in total. The lowest BCUT2D eigenvalue weighted by molar-refractivity contribution is -0.119. The van der Waals surface area contributed by atoms with Gasteiger partial charge in [-0.15, -0.1) is 0 Å². The number of aliphatic hydroxyl groups is 1. The molecule has 0 aliphatic heterocycles. The molecule has 88 valence electrons. The second-order valence-electron chi connectivity index (χ2n) is 4.36. The quantitative estimate of drug-likeness (QED) is 0.811. The van der Waals surface area contributed by atoms with Crippen molar-refractivity contribution in [1.82, 2.24) is 0 Å². The first-order valence-electron chi connectivity index (χ1n) is 5.60. The molecule has 0 spiro atoms. The summed E-state index contributed by atoms with van der Waals surface area (Å²) in [5.41, 5.74) is 2.20. The van der Waals surface area contributed by atoms with Gasteiger partial charge in [-0.2, -0.15) is 0 Å². The van der Waals surface area contributed by atoms with Gasteiger partial charge in [0.15, 0.2) is 5.78 Å². The van der Waals surface area contributed by atoms with Crippen LogP contribution in [0, 0.1) is 12.8 Å². The molecular weight excluding hydrogens is 216 g/mol. The summed E-state index contributed by atoms with van der Waals surface area (Å²) >= 11 is 0. The number of carbonyl (C=O) groups is 2. The van der Waals surface area contributed by atoms with E-state index in [1.165, 1.54) is 0 Å². The van der Waals surface area contributed by atoms with Gasteiger partial charge in [-0.05, 0) is 12.5 Å². The smallest absolute Gasteiger partial charge is 0.170 e. The van der Waals surface area contributed by atoms with Crippen LogP contribution in [-0.2, 0) is 9.59 Å². The van der Waals surface area contributed by atoms with Crippen molar-refractivity contribution in [2.75, 3.05) is 0 Å². The fraction of sp³-hybridized carbons (Fsp3) is 0.286. The van der Waals surface area contributed by atoms with E-state index in [4.69, 9.17) is 0 Å². The minimum absolute atomic E-state index is 0.103. The Morgan fingerprint density at radius 1 is 1.35 bits per heavy atom. The molecule has 2 rings (SSSR count). The minimum Gasteiger partial charge on any atom is -0.512 e. The summed E-state index contributed by atoms with van der Waals surface area (Å²) < 4.78 is 0. The van der Waals surface area contributed by atoms with Crippen LogP contribution >= 0.6 is 0 Å². The lowest BCUT2D eigenvalue weighted by atomic mass is 9.97. The number of Topliss-reactive ketones (excluding diaryl/α,β-unsaturated/α-hetero) is 1. The van der Waals surface area contributed by atoms with Gasteiger partial charge in [0.25, 0.3) is 0 Å². The molecule has 1 aliphatic rings. The average Bonchev–Trinajstić information content (AvgIpc) is 2.57. The van der Waals surface area contributed by atoms with Gasteiger partial charge in [-0.3, -0.25) is 4.79 Å². The van der Waals surface area contributed by atoms with Crippen molar-refractivity contribution < 1.29 is 14.7 Å². The number of aryl methyl sites for hydroxylation is 1. The van der Waals surface area contributed by atoms with Crippen LogP contribution in [0.2, 0.25) is 0 Å². The predicted molar refractivity (Wildman–Crippen MR) is 64.5 cm³/mol. The van der Waals surface area contributed by atoms with Gasteiger partial charge >= 0.3 is 0 Å². The molecule has 0 saturated heterocycles. The summed E-state index contributed by atoms with van der Waals surface area (Å²) in [5.74, 6) is -0.409. The number of aliphatic hydroxyl groups excluding tert-OH is 1. The molecule has 0 saturated carbocycles. The van der Waals surface area contributed by atoms with Crippen LogP contribution in [0.15, 0.2) is 30.0 Å². The van der Waals surface area contributed by atoms with Crippen LogP contribution in [0.25, 0.3) is 5.57 Å². The van der Waals surface area contributed by atoms with Crippen LogP contribution in [0.4, 0.5) is 0 Å². The van der Waals surface area contributed by atoms with Gasteiger partial charge in [-0.25, -0.2) is 0 Å². The van der Waals surface area contributed by atoms with E-state index in [2.05, 4.69) is 0 Å². The van der Waals surface area contributed by atoms with Crippen molar-refractivity contribution >= 4 is 17.6 Å². The number of allylic oxidation sites excluding steroid dienone is 2. The molecule has 3 heteroatoms. The van der Waals surface area contributed by atoms with Crippen molar-refractivity contribution in [2.45, 2.75) is 19.8 Å². The first-order chi connectivity index (χ1) is 8.13. The van der Waals surface area contributed by atoms with Crippen molar-refractivity contribution in [3.8, 4) is 0 Å². The van der Waals surface area contributed by atoms with Gasteiger partial charge in [0.2, 0.25) is 0 Å². The normalized spacial score (nSPS) is 19.8. The van der Waals surface area contributed by atoms with Crippen molar-refractivity contribution in [3.63, 3.8) is 0 Å². The Kier molecular flexibility index (Phi) is 3.09. The zero-order valence-corrected chi connectivity index (χ0v) is 9.64. The molecule has 17 heavy (non-hydrogen) atoms. The van der Waals surface area contributed by atoms with E-state index in [0.29, 0.717) is 5.57 Å². The lowest BCUT2D eigenvalue weighted by Crippen LogP contribution is -2.10. The maximum Gasteiger partial charge on any atom is 0.170 e. The third-order valence-corrected chi connectivity index (χ3v) is 3.07. The Morgan fingerprint density at radius 3 is 2.59 bits per heavy atom. The molecule has 0 fully saturated rings. The second-order valence-corrected chi connectivity index (χ2v) is 4.36. The SMILES string of the molecule is Cc1ccc(C2=C(O)CC(CC=O)C2=O)cc1. The third-order valence-electron chi connectivity index (χ3n) is 3.07.